The third kappa shape index (κ3) is 3.66. The normalized spacial score (nSPS) is 16.6. The standard InChI is InChI=1S/C18H23N3O4S/c1-12-8-10-21(11-9-12)26(23,24)16-6-4-15(5-7-16)18(22)19-17-13(2)20-25-14(17)3/h4-7,12H,8-11H2,1-3H3,(H,19,22). The van der Waals surface area contributed by atoms with Crippen LogP contribution in [-0.2, 0) is 10.0 Å². The van der Waals surface area contributed by atoms with Gasteiger partial charge in [-0.3, -0.25) is 4.79 Å². The van der Waals surface area contributed by atoms with E-state index < -0.39 is 10.0 Å². The van der Waals surface area contributed by atoms with Gasteiger partial charge in [0.2, 0.25) is 10.0 Å². The van der Waals surface area contributed by atoms with Gasteiger partial charge >= 0.3 is 0 Å². The minimum atomic E-state index is -3.51. The molecule has 0 unspecified atom stereocenters. The fourth-order valence-corrected chi connectivity index (χ4v) is 4.47. The second-order valence-electron chi connectivity index (χ2n) is 6.76. The Labute approximate surface area is 153 Å². The van der Waals surface area contributed by atoms with Crippen molar-refractivity contribution in [3.63, 3.8) is 0 Å². The van der Waals surface area contributed by atoms with Gasteiger partial charge in [-0.2, -0.15) is 4.31 Å². The molecule has 1 fully saturated rings. The summed E-state index contributed by atoms with van der Waals surface area (Å²) in [4.78, 5) is 12.6. The van der Waals surface area contributed by atoms with Crippen LogP contribution >= 0.6 is 0 Å². The number of anilines is 1. The summed E-state index contributed by atoms with van der Waals surface area (Å²) in [5.74, 6) is 0.737. The van der Waals surface area contributed by atoms with E-state index in [1.807, 2.05) is 0 Å². The van der Waals surface area contributed by atoms with Crippen LogP contribution in [0.25, 0.3) is 0 Å². The van der Waals surface area contributed by atoms with Crippen LogP contribution in [0.4, 0.5) is 5.69 Å². The molecule has 1 aromatic heterocycles. The van der Waals surface area contributed by atoms with Gasteiger partial charge in [-0.15, -0.1) is 0 Å². The Morgan fingerprint density at radius 3 is 2.35 bits per heavy atom. The van der Waals surface area contributed by atoms with E-state index in [0.717, 1.165) is 12.8 Å². The van der Waals surface area contributed by atoms with Crippen LogP contribution in [0.15, 0.2) is 33.7 Å². The monoisotopic (exact) mass is 377 g/mol. The lowest BCUT2D eigenvalue weighted by atomic mass is 10.0. The number of amides is 1. The second-order valence-corrected chi connectivity index (χ2v) is 8.70. The first kappa shape index (κ1) is 18.6. The van der Waals surface area contributed by atoms with Crippen molar-refractivity contribution in [2.45, 2.75) is 38.5 Å². The lowest BCUT2D eigenvalue weighted by molar-refractivity contribution is 0.102. The Morgan fingerprint density at radius 2 is 1.81 bits per heavy atom. The fourth-order valence-electron chi connectivity index (χ4n) is 3.00. The number of hydrogen-bond donors (Lipinski definition) is 1. The molecule has 0 atom stereocenters. The summed E-state index contributed by atoms with van der Waals surface area (Å²) in [5, 5.41) is 6.54. The van der Waals surface area contributed by atoms with Gasteiger partial charge in [0.15, 0.2) is 5.76 Å². The summed E-state index contributed by atoms with van der Waals surface area (Å²) in [5.41, 5.74) is 1.50. The third-order valence-corrected chi connectivity index (χ3v) is 6.68. The van der Waals surface area contributed by atoms with Crippen LogP contribution in [0.3, 0.4) is 0 Å². The van der Waals surface area contributed by atoms with Crippen molar-refractivity contribution in [3.05, 3.63) is 41.3 Å². The molecule has 26 heavy (non-hydrogen) atoms. The lowest BCUT2D eigenvalue weighted by Crippen LogP contribution is -2.37. The number of nitrogens with zero attached hydrogens (tertiary/aromatic N) is 2. The molecule has 0 aliphatic carbocycles. The summed E-state index contributed by atoms with van der Waals surface area (Å²) in [6, 6.07) is 6.01. The number of rotatable bonds is 4. The van der Waals surface area contributed by atoms with Crippen molar-refractivity contribution in [1.29, 1.82) is 0 Å². The SMILES string of the molecule is Cc1noc(C)c1NC(=O)c1ccc(S(=O)(=O)N2CCC(C)CC2)cc1. The maximum atomic E-state index is 12.7. The molecular formula is C18H23N3O4S. The van der Waals surface area contributed by atoms with Gasteiger partial charge < -0.3 is 9.84 Å². The highest BCUT2D eigenvalue weighted by Crippen LogP contribution is 2.24. The van der Waals surface area contributed by atoms with Crippen LogP contribution in [0.1, 0.15) is 41.6 Å². The van der Waals surface area contributed by atoms with Crippen LogP contribution in [-0.4, -0.2) is 36.9 Å². The van der Waals surface area contributed by atoms with Crippen molar-refractivity contribution in [3.8, 4) is 0 Å². The highest BCUT2D eigenvalue weighted by Gasteiger charge is 2.28. The molecule has 2 aromatic rings. The van der Waals surface area contributed by atoms with E-state index >= 15 is 0 Å². The van der Waals surface area contributed by atoms with Crippen LogP contribution in [0.2, 0.25) is 0 Å². The maximum absolute atomic E-state index is 12.7. The highest BCUT2D eigenvalue weighted by molar-refractivity contribution is 7.89. The molecule has 0 bridgehead atoms. The zero-order valence-electron chi connectivity index (χ0n) is 15.2. The quantitative estimate of drug-likeness (QED) is 0.884. The van der Waals surface area contributed by atoms with E-state index in [-0.39, 0.29) is 10.8 Å². The zero-order valence-corrected chi connectivity index (χ0v) is 16.0. The van der Waals surface area contributed by atoms with Gasteiger partial charge in [0, 0.05) is 18.7 Å². The van der Waals surface area contributed by atoms with Gasteiger partial charge in [-0.25, -0.2) is 8.42 Å². The fraction of sp³-hybridized carbons (Fsp3) is 0.444. The number of aryl methyl sites for hydroxylation is 2. The molecule has 0 saturated carbocycles. The summed E-state index contributed by atoms with van der Waals surface area (Å²) in [6.45, 7) is 6.66. The molecule has 0 spiro atoms. The van der Waals surface area contributed by atoms with Crippen molar-refractivity contribution >= 4 is 21.6 Å². The maximum Gasteiger partial charge on any atom is 0.255 e. The smallest absolute Gasteiger partial charge is 0.255 e. The van der Waals surface area contributed by atoms with Crippen molar-refractivity contribution in [2.75, 3.05) is 18.4 Å². The predicted molar refractivity (Wildman–Crippen MR) is 97.5 cm³/mol. The molecule has 1 aliphatic heterocycles. The Hall–Kier alpha value is -2.19. The molecule has 140 valence electrons. The predicted octanol–water partition coefficient (Wildman–Crippen LogP) is 2.96. The number of piperidine rings is 1. The molecule has 1 saturated heterocycles. The number of nitrogens with one attached hydrogen (secondary N) is 1. The van der Waals surface area contributed by atoms with Crippen molar-refractivity contribution < 1.29 is 17.7 Å². The summed E-state index contributed by atoms with van der Waals surface area (Å²) in [6.07, 6.45) is 1.74. The number of benzene rings is 1. The molecule has 1 amide bonds. The van der Waals surface area contributed by atoms with E-state index in [2.05, 4.69) is 17.4 Å². The van der Waals surface area contributed by atoms with Gasteiger partial charge in [0.25, 0.3) is 5.91 Å². The highest BCUT2D eigenvalue weighted by atomic mass is 32.2. The minimum absolute atomic E-state index is 0.209. The molecular weight excluding hydrogens is 354 g/mol. The van der Waals surface area contributed by atoms with Gasteiger partial charge in [-0.1, -0.05) is 12.1 Å². The average Bonchev–Trinajstić information content (AvgIpc) is 2.94. The Kier molecular flexibility index (Phi) is 5.15. The molecule has 1 aliphatic rings. The summed E-state index contributed by atoms with van der Waals surface area (Å²) in [7, 11) is -3.51. The Morgan fingerprint density at radius 1 is 1.19 bits per heavy atom. The molecule has 0 radical (unpaired) electrons. The summed E-state index contributed by atoms with van der Waals surface area (Å²) >= 11 is 0. The number of carbonyl (C=O) groups is 1. The minimum Gasteiger partial charge on any atom is -0.359 e. The molecule has 1 aromatic carbocycles. The topological polar surface area (TPSA) is 92.5 Å². The Balaban J connectivity index is 1.74. The lowest BCUT2D eigenvalue weighted by Gasteiger charge is -2.29. The van der Waals surface area contributed by atoms with Crippen molar-refractivity contribution in [2.24, 2.45) is 5.92 Å². The van der Waals surface area contributed by atoms with Gasteiger partial charge in [0.05, 0.1) is 4.90 Å². The average molecular weight is 377 g/mol. The molecule has 8 heteroatoms. The number of sulfonamides is 1. The van der Waals surface area contributed by atoms with E-state index in [1.165, 1.54) is 28.6 Å². The number of carbonyl (C=O) groups excluding carboxylic acids is 1. The molecule has 1 N–H and O–H groups in total. The van der Waals surface area contributed by atoms with Crippen LogP contribution in [0, 0.1) is 19.8 Å². The van der Waals surface area contributed by atoms with Crippen LogP contribution < -0.4 is 5.32 Å². The van der Waals surface area contributed by atoms with E-state index in [9.17, 15) is 13.2 Å². The molecule has 7 nitrogen and oxygen atoms in total. The first-order valence-corrected chi connectivity index (χ1v) is 10.1. The van der Waals surface area contributed by atoms with Gasteiger partial charge in [0.1, 0.15) is 11.4 Å². The number of hydrogen-bond acceptors (Lipinski definition) is 5. The largest absolute Gasteiger partial charge is 0.359 e. The van der Waals surface area contributed by atoms with E-state index in [4.69, 9.17) is 4.52 Å². The van der Waals surface area contributed by atoms with Crippen molar-refractivity contribution in [1.82, 2.24) is 9.46 Å². The number of aromatic nitrogens is 1. The van der Waals surface area contributed by atoms with Gasteiger partial charge in [-0.05, 0) is 56.9 Å². The third-order valence-electron chi connectivity index (χ3n) is 4.77. The molecule has 3 rings (SSSR count). The zero-order chi connectivity index (χ0) is 18.9. The Bertz CT molecular complexity index is 876. The first-order chi connectivity index (χ1) is 12.3. The van der Waals surface area contributed by atoms with E-state index in [0.29, 0.717) is 41.7 Å². The second kappa shape index (κ2) is 7.20. The van der Waals surface area contributed by atoms with E-state index in [1.54, 1.807) is 13.8 Å². The molecule has 2 heterocycles. The summed E-state index contributed by atoms with van der Waals surface area (Å²) < 4.78 is 32.0. The van der Waals surface area contributed by atoms with Crippen LogP contribution in [0.5, 0.6) is 0 Å². The first-order valence-electron chi connectivity index (χ1n) is 8.63.